The fourth-order valence-corrected chi connectivity index (χ4v) is 5.21. The molecule has 1 atom stereocenters. The van der Waals surface area contributed by atoms with Crippen LogP contribution in [0.15, 0.2) is 66.2 Å². The van der Waals surface area contributed by atoms with Crippen LogP contribution >= 0.6 is 11.3 Å². The Morgan fingerprint density at radius 1 is 1.14 bits per heavy atom. The molecule has 2 aromatic carbocycles. The number of hydrogen-bond donors (Lipinski definition) is 0. The number of nitrogens with zero attached hydrogens (tertiary/aromatic N) is 3. The van der Waals surface area contributed by atoms with Gasteiger partial charge in [0, 0.05) is 54.5 Å². The lowest BCUT2D eigenvalue weighted by atomic mass is 10.1. The van der Waals surface area contributed by atoms with E-state index in [1.165, 1.54) is 23.5 Å². The van der Waals surface area contributed by atoms with E-state index in [-0.39, 0.29) is 17.6 Å². The van der Waals surface area contributed by atoms with Gasteiger partial charge in [-0.05, 0) is 37.1 Å². The normalized spacial score (nSPS) is 16.1. The molecule has 0 aliphatic carbocycles. The second-order valence-corrected chi connectivity index (χ2v) is 9.42. The molecule has 3 heterocycles. The van der Waals surface area contributed by atoms with E-state index >= 15 is 0 Å². The second kappa shape index (κ2) is 9.83. The maximum Gasteiger partial charge on any atom is 0.416 e. The van der Waals surface area contributed by atoms with E-state index in [0.29, 0.717) is 26.1 Å². The molecule has 0 radical (unpaired) electrons. The van der Waals surface area contributed by atoms with Gasteiger partial charge in [0.1, 0.15) is 0 Å². The first-order valence-corrected chi connectivity index (χ1v) is 12.4. The molecule has 0 N–H and O–H groups in total. The van der Waals surface area contributed by atoms with Crippen LogP contribution in [0.25, 0.3) is 16.2 Å². The molecule has 1 saturated heterocycles. The van der Waals surface area contributed by atoms with Crippen LogP contribution in [0.1, 0.15) is 34.5 Å². The van der Waals surface area contributed by atoms with Gasteiger partial charge in [-0.3, -0.25) is 9.20 Å². The SMILES string of the molecule is O=C(c1ccc(C(F)(F)F)cc1)N(CCc1csc2nc(-c3ccccc3)cn12)CC1CCCO1. The summed E-state index contributed by atoms with van der Waals surface area (Å²) in [7, 11) is 0. The van der Waals surface area contributed by atoms with Crippen LogP contribution in [0.3, 0.4) is 0 Å². The van der Waals surface area contributed by atoms with Gasteiger partial charge in [-0.1, -0.05) is 30.3 Å². The first-order chi connectivity index (χ1) is 16.9. The molecule has 9 heteroatoms. The average Bonchev–Trinajstić information content (AvgIpc) is 3.60. The second-order valence-electron chi connectivity index (χ2n) is 8.58. The lowest BCUT2D eigenvalue weighted by Gasteiger charge is -2.25. The predicted octanol–water partition coefficient (Wildman–Crippen LogP) is 5.95. The Labute approximate surface area is 204 Å². The number of amides is 1. The van der Waals surface area contributed by atoms with Gasteiger partial charge < -0.3 is 9.64 Å². The van der Waals surface area contributed by atoms with Crippen LogP contribution in [0.2, 0.25) is 0 Å². The van der Waals surface area contributed by atoms with E-state index in [1.54, 1.807) is 4.90 Å². The van der Waals surface area contributed by atoms with Crippen molar-refractivity contribution in [1.82, 2.24) is 14.3 Å². The number of hydrogen-bond acceptors (Lipinski definition) is 4. The minimum Gasteiger partial charge on any atom is -0.376 e. The van der Waals surface area contributed by atoms with E-state index in [1.807, 2.05) is 46.3 Å². The molecule has 5 rings (SSSR count). The number of carbonyl (C=O) groups excluding carboxylic acids is 1. The highest BCUT2D eigenvalue weighted by atomic mass is 32.1. The summed E-state index contributed by atoms with van der Waals surface area (Å²) in [5.41, 5.74) is 2.41. The van der Waals surface area contributed by atoms with Crippen molar-refractivity contribution in [3.05, 3.63) is 83.0 Å². The minimum absolute atomic E-state index is 0.0613. The average molecular weight is 500 g/mol. The molecule has 5 nitrogen and oxygen atoms in total. The summed E-state index contributed by atoms with van der Waals surface area (Å²) in [5.74, 6) is -0.295. The van der Waals surface area contributed by atoms with E-state index < -0.39 is 11.7 Å². The van der Waals surface area contributed by atoms with Gasteiger partial charge in [0.15, 0.2) is 4.96 Å². The molecule has 1 unspecified atom stereocenters. The molecule has 1 amide bonds. The maximum atomic E-state index is 13.3. The smallest absolute Gasteiger partial charge is 0.376 e. The lowest BCUT2D eigenvalue weighted by Crippen LogP contribution is -2.39. The van der Waals surface area contributed by atoms with Crippen molar-refractivity contribution >= 4 is 22.2 Å². The Balaban J connectivity index is 1.35. The molecule has 182 valence electrons. The van der Waals surface area contributed by atoms with Crippen molar-refractivity contribution in [2.45, 2.75) is 31.5 Å². The summed E-state index contributed by atoms with van der Waals surface area (Å²) in [6.07, 6.45) is -0.111. The van der Waals surface area contributed by atoms with Crippen LogP contribution < -0.4 is 0 Å². The summed E-state index contributed by atoms with van der Waals surface area (Å²) in [6, 6.07) is 14.3. The number of benzene rings is 2. The van der Waals surface area contributed by atoms with Crippen molar-refractivity contribution in [2.24, 2.45) is 0 Å². The predicted molar refractivity (Wildman–Crippen MR) is 129 cm³/mol. The number of thiazole rings is 1. The Kier molecular flexibility index (Phi) is 6.62. The number of imidazole rings is 1. The van der Waals surface area contributed by atoms with Crippen molar-refractivity contribution in [2.75, 3.05) is 19.7 Å². The van der Waals surface area contributed by atoms with Gasteiger partial charge in [0.05, 0.1) is 17.4 Å². The summed E-state index contributed by atoms with van der Waals surface area (Å²) in [5, 5.41) is 2.03. The standard InChI is InChI=1S/C26H24F3N3O2S/c27-26(28,29)20-10-8-19(9-11-20)24(33)31(15-22-7-4-14-34-22)13-12-21-17-35-25-30-23(16-32(21)25)18-5-2-1-3-6-18/h1-3,5-6,8-11,16-17,22H,4,7,12-15H2. The van der Waals surface area contributed by atoms with E-state index in [9.17, 15) is 18.0 Å². The fraction of sp³-hybridized carbons (Fsp3) is 0.308. The molecule has 0 spiro atoms. The third-order valence-corrected chi connectivity index (χ3v) is 7.07. The third-order valence-electron chi connectivity index (χ3n) is 6.19. The zero-order valence-electron chi connectivity index (χ0n) is 18.9. The molecular weight excluding hydrogens is 475 g/mol. The molecule has 1 fully saturated rings. The molecule has 35 heavy (non-hydrogen) atoms. The summed E-state index contributed by atoms with van der Waals surface area (Å²) < 4.78 is 46.6. The van der Waals surface area contributed by atoms with Gasteiger partial charge in [0.25, 0.3) is 5.91 Å². The zero-order valence-corrected chi connectivity index (χ0v) is 19.7. The van der Waals surface area contributed by atoms with Gasteiger partial charge in [-0.15, -0.1) is 11.3 Å². The molecule has 0 bridgehead atoms. The quantitative estimate of drug-likeness (QED) is 0.316. The van der Waals surface area contributed by atoms with Crippen molar-refractivity contribution in [3.8, 4) is 11.3 Å². The molecular formula is C26H24F3N3O2S. The highest BCUT2D eigenvalue weighted by Gasteiger charge is 2.31. The Bertz CT molecular complexity index is 1290. The molecule has 0 saturated carbocycles. The monoisotopic (exact) mass is 499 g/mol. The highest BCUT2D eigenvalue weighted by Crippen LogP contribution is 2.29. The van der Waals surface area contributed by atoms with Crippen LogP contribution in [0.4, 0.5) is 13.2 Å². The first-order valence-electron chi connectivity index (χ1n) is 11.5. The topological polar surface area (TPSA) is 46.8 Å². The van der Waals surface area contributed by atoms with Crippen LogP contribution in [-0.2, 0) is 17.3 Å². The lowest BCUT2D eigenvalue weighted by molar-refractivity contribution is -0.137. The third kappa shape index (κ3) is 5.26. The molecule has 1 aliphatic rings. The Morgan fingerprint density at radius 2 is 1.91 bits per heavy atom. The zero-order chi connectivity index (χ0) is 24.4. The molecule has 4 aromatic rings. The van der Waals surface area contributed by atoms with Crippen LogP contribution in [-0.4, -0.2) is 46.0 Å². The van der Waals surface area contributed by atoms with Gasteiger partial charge in [-0.25, -0.2) is 4.98 Å². The molecule has 1 aliphatic heterocycles. The summed E-state index contributed by atoms with van der Waals surface area (Å²) in [4.78, 5) is 20.6. The Hall–Kier alpha value is -3.17. The van der Waals surface area contributed by atoms with Gasteiger partial charge in [0.2, 0.25) is 0 Å². The Morgan fingerprint density at radius 3 is 2.60 bits per heavy atom. The van der Waals surface area contributed by atoms with Crippen LogP contribution in [0.5, 0.6) is 0 Å². The number of rotatable bonds is 7. The number of carbonyl (C=O) groups is 1. The summed E-state index contributed by atoms with van der Waals surface area (Å²) in [6.45, 7) is 1.49. The van der Waals surface area contributed by atoms with Gasteiger partial charge >= 0.3 is 6.18 Å². The number of aromatic nitrogens is 2. The number of halogens is 3. The largest absolute Gasteiger partial charge is 0.416 e. The van der Waals surface area contributed by atoms with Crippen LogP contribution in [0, 0.1) is 0 Å². The summed E-state index contributed by atoms with van der Waals surface area (Å²) >= 11 is 1.54. The number of alkyl halides is 3. The molecule has 2 aromatic heterocycles. The van der Waals surface area contributed by atoms with E-state index in [0.717, 1.165) is 46.9 Å². The van der Waals surface area contributed by atoms with Crippen molar-refractivity contribution < 1.29 is 22.7 Å². The fourth-order valence-electron chi connectivity index (χ4n) is 4.30. The maximum absolute atomic E-state index is 13.3. The first kappa shape index (κ1) is 23.6. The number of ether oxygens (including phenoxy) is 1. The number of fused-ring (bicyclic) bond motifs is 1. The van der Waals surface area contributed by atoms with E-state index in [2.05, 4.69) is 0 Å². The minimum atomic E-state index is -4.44. The highest BCUT2D eigenvalue weighted by molar-refractivity contribution is 7.15. The van der Waals surface area contributed by atoms with E-state index in [4.69, 9.17) is 9.72 Å². The van der Waals surface area contributed by atoms with Crippen molar-refractivity contribution in [3.63, 3.8) is 0 Å². The van der Waals surface area contributed by atoms with Crippen molar-refractivity contribution in [1.29, 1.82) is 0 Å². The van der Waals surface area contributed by atoms with Gasteiger partial charge in [-0.2, -0.15) is 13.2 Å².